The molecule has 2 aromatic carbocycles. The third-order valence-corrected chi connectivity index (χ3v) is 5.43. The molecule has 33 heavy (non-hydrogen) atoms. The molecular weight excluding hydrogens is 414 g/mol. The molecule has 0 spiro atoms. The number of nitrogens with one attached hydrogen (secondary N) is 1. The molecule has 0 radical (unpaired) electrons. The number of rotatable bonds is 9. The largest absolute Gasteiger partial charge is 0.467 e. The molecule has 1 heterocycles. The summed E-state index contributed by atoms with van der Waals surface area (Å²) in [6, 6.07) is 23.2. The highest BCUT2D eigenvalue weighted by Gasteiger charge is 2.30. The van der Waals surface area contributed by atoms with E-state index in [2.05, 4.69) is 5.32 Å². The molecule has 6 nitrogen and oxygen atoms in total. The topological polar surface area (TPSA) is 65.8 Å². The zero-order valence-electron chi connectivity index (χ0n) is 19.7. The Morgan fingerprint density at radius 2 is 1.52 bits per heavy atom. The van der Waals surface area contributed by atoms with Crippen molar-refractivity contribution in [3.63, 3.8) is 0 Å². The van der Waals surface area contributed by atoms with Crippen LogP contribution in [0.3, 0.4) is 0 Å². The minimum absolute atomic E-state index is 0.0143. The second-order valence-corrected chi connectivity index (χ2v) is 9.03. The number of hydrogen-bond acceptors (Lipinski definition) is 3. The summed E-state index contributed by atoms with van der Waals surface area (Å²) in [6.45, 7) is 7.09. The van der Waals surface area contributed by atoms with E-state index in [0.717, 1.165) is 17.5 Å². The Morgan fingerprint density at radius 3 is 2.09 bits per heavy atom. The Hall–Kier alpha value is -3.54. The zero-order chi connectivity index (χ0) is 23.7. The normalized spacial score (nSPS) is 11.1. The molecule has 0 unspecified atom stereocenters. The van der Waals surface area contributed by atoms with E-state index in [1.165, 1.54) is 0 Å². The van der Waals surface area contributed by atoms with Crippen molar-refractivity contribution in [2.75, 3.05) is 13.1 Å². The van der Waals surface area contributed by atoms with E-state index in [0.29, 0.717) is 25.4 Å². The predicted molar refractivity (Wildman–Crippen MR) is 129 cm³/mol. The van der Waals surface area contributed by atoms with Crippen LogP contribution in [0.2, 0.25) is 0 Å². The molecular formula is C27H33N3O3. The van der Waals surface area contributed by atoms with E-state index >= 15 is 0 Å². The van der Waals surface area contributed by atoms with Crippen molar-refractivity contribution in [3.8, 4) is 0 Å². The molecule has 0 saturated carbocycles. The average Bonchev–Trinajstić information content (AvgIpc) is 3.32. The fourth-order valence-electron chi connectivity index (χ4n) is 3.51. The molecule has 1 N–H and O–H groups in total. The van der Waals surface area contributed by atoms with Gasteiger partial charge in [-0.3, -0.25) is 4.79 Å². The average molecular weight is 448 g/mol. The smallest absolute Gasteiger partial charge is 0.318 e. The number of carbonyl (C=O) groups is 2. The maximum atomic E-state index is 13.4. The van der Waals surface area contributed by atoms with Crippen molar-refractivity contribution in [2.45, 2.75) is 45.8 Å². The highest BCUT2D eigenvalue weighted by molar-refractivity contribution is 5.84. The lowest BCUT2D eigenvalue weighted by Crippen LogP contribution is -2.54. The van der Waals surface area contributed by atoms with E-state index in [1.54, 1.807) is 16.1 Å². The lowest BCUT2D eigenvalue weighted by atomic mass is 10.1. The Bertz CT molecular complexity index is 996. The molecule has 0 bridgehead atoms. The molecule has 0 aliphatic carbocycles. The summed E-state index contributed by atoms with van der Waals surface area (Å²) in [7, 11) is 0. The molecule has 0 aliphatic heterocycles. The Morgan fingerprint density at radius 1 is 0.879 bits per heavy atom. The third-order valence-electron chi connectivity index (χ3n) is 5.43. The fraction of sp³-hybridized carbons (Fsp3) is 0.333. The van der Waals surface area contributed by atoms with Crippen LogP contribution >= 0.6 is 0 Å². The first-order valence-corrected chi connectivity index (χ1v) is 11.3. The molecule has 6 heteroatoms. The van der Waals surface area contributed by atoms with Crippen LogP contribution in [-0.2, 0) is 24.3 Å². The van der Waals surface area contributed by atoms with Crippen LogP contribution in [0.1, 0.15) is 37.7 Å². The summed E-state index contributed by atoms with van der Waals surface area (Å²) in [5.74, 6) is 0.597. The molecule has 1 aromatic heterocycles. The minimum atomic E-state index is -0.522. The van der Waals surface area contributed by atoms with Crippen molar-refractivity contribution in [2.24, 2.45) is 0 Å². The summed E-state index contributed by atoms with van der Waals surface area (Å²) in [4.78, 5) is 29.8. The molecule has 3 rings (SSSR count). The zero-order valence-corrected chi connectivity index (χ0v) is 19.7. The van der Waals surface area contributed by atoms with Crippen LogP contribution in [0, 0.1) is 0 Å². The minimum Gasteiger partial charge on any atom is -0.467 e. The Kier molecular flexibility index (Phi) is 8.30. The van der Waals surface area contributed by atoms with Gasteiger partial charge in [-0.2, -0.15) is 0 Å². The molecule has 0 atom stereocenters. The van der Waals surface area contributed by atoms with Crippen LogP contribution in [-0.4, -0.2) is 40.4 Å². The highest BCUT2D eigenvalue weighted by atomic mass is 16.3. The van der Waals surface area contributed by atoms with Crippen LogP contribution in [0.5, 0.6) is 0 Å². The molecule has 3 amide bonds. The number of carbonyl (C=O) groups excluding carboxylic acids is 2. The first-order valence-electron chi connectivity index (χ1n) is 11.3. The summed E-state index contributed by atoms with van der Waals surface area (Å²) < 4.78 is 5.49. The van der Waals surface area contributed by atoms with Gasteiger partial charge in [0, 0.05) is 18.6 Å². The van der Waals surface area contributed by atoms with Crippen LogP contribution in [0.15, 0.2) is 83.5 Å². The maximum absolute atomic E-state index is 13.4. The van der Waals surface area contributed by atoms with Crippen molar-refractivity contribution in [3.05, 3.63) is 95.9 Å². The number of hydrogen-bond donors (Lipinski definition) is 1. The van der Waals surface area contributed by atoms with Gasteiger partial charge in [0.05, 0.1) is 12.8 Å². The van der Waals surface area contributed by atoms with Gasteiger partial charge in [0.25, 0.3) is 0 Å². The summed E-state index contributed by atoms with van der Waals surface area (Å²) in [5.41, 5.74) is 1.64. The van der Waals surface area contributed by atoms with Gasteiger partial charge in [-0.1, -0.05) is 60.7 Å². The van der Waals surface area contributed by atoms with E-state index in [1.807, 2.05) is 93.6 Å². The first kappa shape index (κ1) is 24.1. The van der Waals surface area contributed by atoms with Crippen molar-refractivity contribution < 1.29 is 14.0 Å². The SMILES string of the molecule is CC(C)(C)N(CC(=O)N(CCc1ccccc1)Cc1ccco1)C(=O)NCc1ccccc1. The second-order valence-electron chi connectivity index (χ2n) is 9.03. The third kappa shape index (κ3) is 7.52. The number of furan rings is 1. The number of urea groups is 1. The van der Waals surface area contributed by atoms with Crippen LogP contribution in [0.4, 0.5) is 4.79 Å². The van der Waals surface area contributed by atoms with Gasteiger partial charge in [-0.25, -0.2) is 4.79 Å². The standard InChI is InChI=1S/C27H33N3O3/c1-27(2,3)30(26(32)28-19-23-13-8-5-9-14-23)21-25(31)29(20-24-15-10-18-33-24)17-16-22-11-6-4-7-12-22/h4-15,18H,16-17,19-21H2,1-3H3,(H,28,32). The van der Waals surface area contributed by atoms with Gasteiger partial charge in [0.1, 0.15) is 12.3 Å². The van der Waals surface area contributed by atoms with E-state index in [4.69, 9.17) is 4.42 Å². The molecule has 0 saturated heterocycles. The quantitative estimate of drug-likeness (QED) is 0.509. The van der Waals surface area contributed by atoms with E-state index in [-0.39, 0.29) is 18.5 Å². The van der Waals surface area contributed by atoms with E-state index in [9.17, 15) is 9.59 Å². The van der Waals surface area contributed by atoms with Gasteiger partial charge in [-0.05, 0) is 50.5 Å². The molecule has 174 valence electrons. The maximum Gasteiger partial charge on any atom is 0.318 e. The first-order chi connectivity index (χ1) is 15.8. The number of amides is 3. The van der Waals surface area contributed by atoms with Gasteiger partial charge >= 0.3 is 6.03 Å². The Labute approximate surface area is 196 Å². The molecule has 0 aliphatic rings. The second kappa shape index (κ2) is 11.4. The molecule has 3 aromatic rings. The van der Waals surface area contributed by atoms with Gasteiger partial charge < -0.3 is 19.5 Å². The van der Waals surface area contributed by atoms with Gasteiger partial charge in [-0.15, -0.1) is 0 Å². The fourth-order valence-corrected chi connectivity index (χ4v) is 3.51. The van der Waals surface area contributed by atoms with Crippen LogP contribution in [0.25, 0.3) is 0 Å². The predicted octanol–water partition coefficient (Wildman–Crippen LogP) is 4.86. The monoisotopic (exact) mass is 447 g/mol. The lowest BCUT2D eigenvalue weighted by molar-refractivity contribution is -0.133. The van der Waals surface area contributed by atoms with Gasteiger partial charge in [0.15, 0.2) is 0 Å². The summed E-state index contributed by atoms with van der Waals surface area (Å²) in [6.07, 6.45) is 2.33. The van der Waals surface area contributed by atoms with Gasteiger partial charge in [0.2, 0.25) is 5.91 Å². The van der Waals surface area contributed by atoms with E-state index < -0.39 is 5.54 Å². The van der Waals surface area contributed by atoms with Crippen molar-refractivity contribution in [1.82, 2.24) is 15.1 Å². The summed E-state index contributed by atoms with van der Waals surface area (Å²) >= 11 is 0. The molecule has 0 fully saturated rings. The van der Waals surface area contributed by atoms with Crippen LogP contribution < -0.4 is 5.32 Å². The Balaban J connectivity index is 1.69. The highest BCUT2D eigenvalue weighted by Crippen LogP contribution is 2.16. The van der Waals surface area contributed by atoms with Crippen molar-refractivity contribution >= 4 is 11.9 Å². The number of nitrogens with zero attached hydrogens (tertiary/aromatic N) is 2. The summed E-state index contributed by atoms with van der Waals surface area (Å²) in [5, 5.41) is 2.95. The van der Waals surface area contributed by atoms with Crippen molar-refractivity contribution in [1.29, 1.82) is 0 Å². The number of benzene rings is 2. The lowest BCUT2D eigenvalue weighted by Gasteiger charge is -2.36.